The number of hydrogen-bond donors (Lipinski definition) is 2. The maximum atomic E-state index is 11.6. The number of carbonyl (C=O) groups excluding carboxylic acids is 1. The van der Waals surface area contributed by atoms with Crippen molar-refractivity contribution in [3.05, 3.63) is 35.5 Å². The minimum absolute atomic E-state index is 0.00368. The molecule has 0 fully saturated rings. The Labute approximate surface area is 102 Å². The van der Waals surface area contributed by atoms with Crippen molar-refractivity contribution in [3.63, 3.8) is 0 Å². The fourth-order valence-corrected chi connectivity index (χ4v) is 1.47. The lowest BCUT2D eigenvalue weighted by atomic mass is 10.3. The van der Waals surface area contributed by atoms with Crippen LogP contribution in [0.2, 0.25) is 5.02 Å². The van der Waals surface area contributed by atoms with E-state index in [0.29, 0.717) is 10.7 Å². The number of halogens is 1. The number of nitrogens with two attached hydrogens (primary N) is 1. The Morgan fingerprint density at radius 2 is 2.35 bits per heavy atom. The zero-order chi connectivity index (χ0) is 12.3. The van der Waals surface area contributed by atoms with Crippen LogP contribution in [0.15, 0.2) is 30.5 Å². The summed E-state index contributed by atoms with van der Waals surface area (Å²) in [6.07, 6.45) is 1.38. The van der Waals surface area contributed by atoms with Crippen LogP contribution >= 0.6 is 11.6 Å². The van der Waals surface area contributed by atoms with E-state index in [1.165, 1.54) is 11.0 Å². The zero-order valence-electron chi connectivity index (χ0n) is 8.80. The van der Waals surface area contributed by atoms with E-state index in [0.717, 1.165) is 0 Å². The summed E-state index contributed by atoms with van der Waals surface area (Å²) in [5, 5.41) is 10.8. The van der Waals surface area contributed by atoms with Crippen LogP contribution in [0.3, 0.4) is 0 Å². The summed E-state index contributed by atoms with van der Waals surface area (Å²) in [6.45, 7) is 0.00368. The predicted molar refractivity (Wildman–Crippen MR) is 64.5 cm³/mol. The lowest BCUT2D eigenvalue weighted by molar-refractivity contribution is -0.117. The number of carbonyl (C=O) groups is 1. The minimum Gasteiger partial charge on any atom is -0.381 e. The minimum atomic E-state index is -0.247. The molecule has 2 rings (SSSR count). The molecule has 3 N–H and O–H groups in total. The maximum absolute atomic E-state index is 11.6. The second-order valence-corrected chi connectivity index (χ2v) is 3.79. The first-order valence-corrected chi connectivity index (χ1v) is 5.22. The van der Waals surface area contributed by atoms with E-state index in [9.17, 15) is 4.79 Å². The van der Waals surface area contributed by atoms with Crippen LogP contribution in [-0.4, -0.2) is 20.9 Å². The highest BCUT2D eigenvalue weighted by Crippen LogP contribution is 2.14. The van der Waals surface area contributed by atoms with Crippen LogP contribution in [0.5, 0.6) is 0 Å². The Morgan fingerprint density at radius 3 is 3.00 bits per heavy atom. The number of amides is 1. The fraction of sp³-hybridized carbons (Fsp3) is 0.100. The highest BCUT2D eigenvalue weighted by Gasteiger charge is 2.05. The van der Waals surface area contributed by atoms with Gasteiger partial charge in [0.1, 0.15) is 6.54 Å². The van der Waals surface area contributed by atoms with Gasteiger partial charge in [-0.25, -0.2) is 0 Å². The number of benzene rings is 1. The Morgan fingerprint density at radius 1 is 1.53 bits per heavy atom. The summed E-state index contributed by atoms with van der Waals surface area (Å²) in [6, 6.07) is 6.88. The molecule has 0 saturated carbocycles. The van der Waals surface area contributed by atoms with Gasteiger partial charge in [-0.2, -0.15) is 9.90 Å². The van der Waals surface area contributed by atoms with Gasteiger partial charge in [0, 0.05) is 10.7 Å². The molecule has 0 aliphatic heterocycles. The molecule has 17 heavy (non-hydrogen) atoms. The molecule has 0 bridgehead atoms. The highest BCUT2D eigenvalue weighted by atomic mass is 35.5. The molecular formula is C10H10ClN5O. The van der Waals surface area contributed by atoms with Gasteiger partial charge in [0.15, 0.2) is 5.82 Å². The van der Waals surface area contributed by atoms with Gasteiger partial charge < -0.3 is 11.1 Å². The molecule has 0 unspecified atom stereocenters. The molecule has 1 aromatic heterocycles. The van der Waals surface area contributed by atoms with Crippen molar-refractivity contribution in [1.29, 1.82) is 0 Å². The largest absolute Gasteiger partial charge is 0.381 e. The second-order valence-electron chi connectivity index (χ2n) is 3.36. The monoisotopic (exact) mass is 251 g/mol. The summed E-state index contributed by atoms with van der Waals surface area (Å²) in [5.41, 5.74) is 6.01. The molecule has 1 aromatic carbocycles. The van der Waals surface area contributed by atoms with Gasteiger partial charge in [-0.3, -0.25) is 4.79 Å². The average Bonchev–Trinajstić information content (AvgIpc) is 2.63. The smallest absolute Gasteiger partial charge is 0.247 e. The molecule has 0 aliphatic rings. The van der Waals surface area contributed by atoms with E-state index >= 15 is 0 Å². The van der Waals surface area contributed by atoms with Gasteiger partial charge in [-0.1, -0.05) is 17.7 Å². The second kappa shape index (κ2) is 4.84. The first-order valence-electron chi connectivity index (χ1n) is 4.84. The third-order valence-corrected chi connectivity index (χ3v) is 2.18. The number of hydrogen-bond acceptors (Lipinski definition) is 4. The Kier molecular flexibility index (Phi) is 3.24. The first-order chi connectivity index (χ1) is 8.13. The zero-order valence-corrected chi connectivity index (χ0v) is 9.55. The van der Waals surface area contributed by atoms with Crippen molar-refractivity contribution >= 4 is 29.0 Å². The lowest BCUT2D eigenvalue weighted by Gasteiger charge is -2.04. The number of aromatic nitrogens is 3. The average molecular weight is 252 g/mol. The molecule has 0 spiro atoms. The Balaban J connectivity index is 1.98. The van der Waals surface area contributed by atoms with E-state index in [1.54, 1.807) is 24.3 Å². The Hall–Kier alpha value is -2.08. The standard InChI is InChI=1S/C10H10ClN5O/c11-7-2-1-3-8(4-7)14-10(17)6-16-13-5-9(12)15-16/h1-5H,6H2,(H2,12,15)(H,14,17). The van der Waals surface area contributed by atoms with Crippen LogP contribution in [0.1, 0.15) is 0 Å². The van der Waals surface area contributed by atoms with Crippen molar-refractivity contribution < 1.29 is 4.79 Å². The molecule has 1 amide bonds. The topological polar surface area (TPSA) is 85.8 Å². The number of rotatable bonds is 3. The van der Waals surface area contributed by atoms with E-state index in [4.69, 9.17) is 17.3 Å². The van der Waals surface area contributed by atoms with Crippen LogP contribution in [0.4, 0.5) is 11.5 Å². The molecule has 0 aliphatic carbocycles. The molecule has 1 heterocycles. The van der Waals surface area contributed by atoms with E-state index in [1.807, 2.05) is 0 Å². The third kappa shape index (κ3) is 3.18. The molecule has 2 aromatic rings. The SMILES string of the molecule is Nc1cnn(CC(=O)Nc2cccc(Cl)c2)n1. The van der Waals surface area contributed by atoms with Gasteiger partial charge >= 0.3 is 0 Å². The molecule has 0 radical (unpaired) electrons. The van der Waals surface area contributed by atoms with Crippen molar-refractivity contribution in [3.8, 4) is 0 Å². The van der Waals surface area contributed by atoms with Gasteiger partial charge in [-0.05, 0) is 18.2 Å². The maximum Gasteiger partial charge on any atom is 0.247 e. The quantitative estimate of drug-likeness (QED) is 0.857. The van der Waals surface area contributed by atoms with Crippen LogP contribution in [-0.2, 0) is 11.3 Å². The molecule has 7 heteroatoms. The highest BCUT2D eigenvalue weighted by molar-refractivity contribution is 6.30. The fourth-order valence-electron chi connectivity index (χ4n) is 1.28. The van der Waals surface area contributed by atoms with Gasteiger partial charge in [0.2, 0.25) is 5.91 Å². The normalized spacial score (nSPS) is 10.2. The summed E-state index contributed by atoms with van der Waals surface area (Å²) in [5.74, 6) is 0.0309. The summed E-state index contributed by atoms with van der Waals surface area (Å²) in [4.78, 5) is 12.8. The van der Waals surface area contributed by atoms with Gasteiger partial charge in [0.05, 0.1) is 6.20 Å². The number of nitrogen functional groups attached to an aromatic ring is 1. The van der Waals surface area contributed by atoms with Crippen molar-refractivity contribution in [2.75, 3.05) is 11.1 Å². The lowest BCUT2D eigenvalue weighted by Crippen LogP contribution is -2.20. The predicted octanol–water partition coefficient (Wildman–Crippen LogP) is 1.15. The van der Waals surface area contributed by atoms with Crippen LogP contribution < -0.4 is 11.1 Å². The van der Waals surface area contributed by atoms with Crippen LogP contribution in [0.25, 0.3) is 0 Å². The van der Waals surface area contributed by atoms with E-state index in [-0.39, 0.29) is 18.3 Å². The van der Waals surface area contributed by atoms with E-state index < -0.39 is 0 Å². The van der Waals surface area contributed by atoms with Crippen molar-refractivity contribution in [2.24, 2.45) is 0 Å². The van der Waals surface area contributed by atoms with Gasteiger partial charge in [-0.15, -0.1) is 5.10 Å². The van der Waals surface area contributed by atoms with E-state index in [2.05, 4.69) is 15.5 Å². The number of nitrogens with zero attached hydrogens (tertiary/aromatic N) is 3. The molecule has 6 nitrogen and oxygen atoms in total. The molecule has 0 saturated heterocycles. The molecule has 88 valence electrons. The third-order valence-electron chi connectivity index (χ3n) is 1.95. The number of nitrogens with one attached hydrogen (secondary N) is 1. The van der Waals surface area contributed by atoms with Crippen molar-refractivity contribution in [1.82, 2.24) is 15.0 Å². The molecular weight excluding hydrogens is 242 g/mol. The van der Waals surface area contributed by atoms with Crippen molar-refractivity contribution in [2.45, 2.75) is 6.54 Å². The molecule has 0 atom stereocenters. The first kappa shape index (κ1) is 11.4. The summed E-state index contributed by atoms with van der Waals surface area (Å²) < 4.78 is 0. The summed E-state index contributed by atoms with van der Waals surface area (Å²) >= 11 is 5.79. The summed E-state index contributed by atoms with van der Waals surface area (Å²) in [7, 11) is 0. The number of anilines is 2. The van der Waals surface area contributed by atoms with Gasteiger partial charge in [0.25, 0.3) is 0 Å². The Bertz CT molecular complexity index is 539. The van der Waals surface area contributed by atoms with Crippen LogP contribution in [0, 0.1) is 0 Å².